The van der Waals surface area contributed by atoms with E-state index in [1.165, 1.54) is 0 Å². The Bertz CT molecular complexity index is 369. The SMILES string of the molecule is Cc1nc(NC(=O)C2CC2(C)C)n[nH]1. The number of hydrogen-bond acceptors (Lipinski definition) is 3. The van der Waals surface area contributed by atoms with Gasteiger partial charge in [0, 0.05) is 5.92 Å². The highest BCUT2D eigenvalue weighted by Gasteiger charge is 2.50. The minimum absolute atomic E-state index is 0.0222. The molecule has 1 aliphatic rings. The largest absolute Gasteiger partial charge is 0.293 e. The number of anilines is 1. The van der Waals surface area contributed by atoms with Crippen molar-refractivity contribution in [2.75, 3.05) is 5.32 Å². The number of carbonyl (C=O) groups excluding carboxylic acids is 1. The molecule has 1 aromatic rings. The number of nitrogens with zero attached hydrogens (tertiary/aromatic N) is 2. The number of aromatic amines is 1. The highest BCUT2D eigenvalue weighted by atomic mass is 16.2. The molecule has 1 aliphatic carbocycles. The van der Waals surface area contributed by atoms with Crippen LogP contribution >= 0.6 is 0 Å². The van der Waals surface area contributed by atoms with Crippen LogP contribution in [0, 0.1) is 18.3 Å². The van der Waals surface area contributed by atoms with Gasteiger partial charge in [0.25, 0.3) is 0 Å². The zero-order valence-electron chi connectivity index (χ0n) is 8.59. The minimum atomic E-state index is 0.0222. The fraction of sp³-hybridized carbons (Fsp3) is 0.667. The Balaban J connectivity index is 1.96. The molecule has 14 heavy (non-hydrogen) atoms. The number of rotatable bonds is 2. The molecule has 0 radical (unpaired) electrons. The summed E-state index contributed by atoms with van der Waals surface area (Å²) in [5.41, 5.74) is 0.148. The predicted octanol–water partition coefficient (Wildman–Crippen LogP) is 1.10. The van der Waals surface area contributed by atoms with Gasteiger partial charge in [0.2, 0.25) is 11.9 Å². The lowest BCUT2D eigenvalue weighted by Gasteiger charge is -2.01. The van der Waals surface area contributed by atoms with Crippen molar-refractivity contribution in [3.63, 3.8) is 0 Å². The molecule has 5 nitrogen and oxygen atoms in total. The second-order valence-corrected chi connectivity index (χ2v) is 4.48. The molecule has 0 saturated heterocycles. The standard InChI is InChI=1S/C9H14N4O/c1-5-10-8(13-12-5)11-7(14)6-4-9(6,2)3/h6H,4H2,1-3H3,(H2,10,11,12,13,14). The summed E-state index contributed by atoms with van der Waals surface area (Å²) < 4.78 is 0. The number of H-pyrrole nitrogens is 1. The summed E-state index contributed by atoms with van der Waals surface area (Å²) in [7, 11) is 0. The molecular weight excluding hydrogens is 180 g/mol. The third-order valence-corrected chi connectivity index (χ3v) is 2.66. The first-order valence-corrected chi connectivity index (χ1v) is 4.69. The van der Waals surface area contributed by atoms with E-state index in [2.05, 4.69) is 34.3 Å². The van der Waals surface area contributed by atoms with E-state index in [0.29, 0.717) is 11.8 Å². The normalized spacial score (nSPS) is 23.2. The summed E-state index contributed by atoms with van der Waals surface area (Å²) in [6.07, 6.45) is 0.947. The molecule has 1 atom stereocenters. The van der Waals surface area contributed by atoms with Crippen molar-refractivity contribution in [2.24, 2.45) is 11.3 Å². The van der Waals surface area contributed by atoms with Gasteiger partial charge in [0.15, 0.2) is 0 Å². The van der Waals surface area contributed by atoms with Gasteiger partial charge < -0.3 is 0 Å². The Hall–Kier alpha value is -1.39. The molecule has 2 N–H and O–H groups in total. The third-order valence-electron chi connectivity index (χ3n) is 2.66. The van der Waals surface area contributed by atoms with Crippen LogP contribution in [0.3, 0.4) is 0 Å². The third kappa shape index (κ3) is 1.62. The maximum absolute atomic E-state index is 11.6. The van der Waals surface area contributed by atoms with Crippen molar-refractivity contribution < 1.29 is 4.79 Å². The summed E-state index contributed by atoms with van der Waals surface area (Å²) in [6, 6.07) is 0. The van der Waals surface area contributed by atoms with Gasteiger partial charge in [-0.3, -0.25) is 15.2 Å². The molecule has 1 heterocycles. The van der Waals surface area contributed by atoms with Gasteiger partial charge >= 0.3 is 0 Å². The van der Waals surface area contributed by atoms with E-state index in [9.17, 15) is 4.79 Å². The fourth-order valence-electron chi connectivity index (χ4n) is 1.51. The molecule has 1 aromatic heterocycles. The highest BCUT2D eigenvalue weighted by molar-refractivity contribution is 5.93. The Labute approximate surface area is 82.3 Å². The van der Waals surface area contributed by atoms with Crippen LogP contribution in [0.15, 0.2) is 0 Å². The van der Waals surface area contributed by atoms with E-state index in [4.69, 9.17) is 0 Å². The average Bonchev–Trinajstić information content (AvgIpc) is 2.51. The van der Waals surface area contributed by atoms with Crippen molar-refractivity contribution in [2.45, 2.75) is 27.2 Å². The first-order chi connectivity index (χ1) is 6.49. The molecule has 0 aromatic carbocycles. The van der Waals surface area contributed by atoms with E-state index in [1.807, 2.05) is 0 Å². The van der Waals surface area contributed by atoms with Crippen LogP contribution < -0.4 is 5.32 Å². The van der Waals surface area contributed by atoms with Crippen LogP contribution in [0.4, 0.5) is 5.95 Å². The maximum Gasteiger partial charge on any atom is 0.248 e. The van der Waals surface area contributed by atoms with Crippen LogP contribution in [0.25, 0.3) is 0 Å². The number of amides is 1. The first kappa shape index (κ1) is 9.18. The molecule has 0 bridgehead atoms. The van der Waals surface area contributed by atoms with Gasteiger partial charge in [-0.05, 0) is 18.8 Å². The number of aromatic nitrogens is 3. The fourth-order valence-corrected chi connectivity index (χ4v) is 1.51. The maximum atomic E-state index is 11.6. The molecule has 2 rings (SSSR count). The molecule has 76 valence electrons. The van der Waals surface area contributed by atoms with Gasteiger partial charge in [0.1, 0.15) is 5.82 Å². The lowest BCUT2D eigenvalue weighted by molar-refractivity contribution is -0.118. The van der Waals surface area contributed by atoms with Crippen molar-refractivity contribution >= 4 is 11.9 Å². The lowest BCUT2D eigenvalue weighted by atomic mass is 10.1. The van der Waals surface area contributed by atoms with Crippen molar-refractivity contribution in [3.05, 3.63) is 5.82 Å². The number of aryl methyl sites for hydroxylation is 1. The first-order valence-electron chi connectivity index (χ1n) is 4.69. The van der Waals surface area contributed by atoms with Crippen LogP contribution in [0.5, 0.6) is 0 Å². The van der Waals surface area contributed by atoms with Crippen LogP contribution in [-0.4, -0.2) is 21.1 Å². The van der Waals surface area contributed by atoms with Gasteiger partial charge in [-0.25, -0.2) is 0 Å². The summed E-state index contributed by atoms with van der Waals surface area (Å²) in [5.74, 6) is 1.21. The molecule has 1 unspecified atom stereocenters. The molecule has 1 fully saturated rings. The summed E-state index contributed by atoms with van der Waals surface area (Å²) in [5, 5.41) is 9.21. The lowest BCUT2D eigenvalue weighted by Crippen LogP contribution is -2.17. The Morgan fingerprint density at radius 1 is 1.64 bits per heavy atom. The summed E-state index contributed by atoms with van der Waals surface area (Å²) in [4.78, 5) is 15.6. The monoisotopic (exact) mass is 194 g/mol. The van der Waals surface area contributed by atoms with Crippen molar-refractivity contribution in [1.29, 1.82) is 0 Å². The Kier molecular flexibility index (Phi) is 1.83. The second kappa shape index (κ2) is 2.80. The predicted molar refractivity (Wildman–Crippen MR) is 51.6 cm³/mol. The minimum Gasteiger partial charge on any atom is -0.293 e. The Morgan fingerprint density at radius 3 is 2.71 bits per heavy atom. The molecule has 5 heteroatoms. The van der Waals surface area contributed by atoms with Gasteiger partial charge in [-0.2, -0.15) is 4.98 Å². The number of hydrogen-bond donors (Lipinski definition) is 2. The second-order valence-electron chi connectivity index (χ2n) is 4.48. The zero-order chi connectivity index (χ0) is 10.3. The van der Waals surface area contributed by atoms with E-state index in [0.717, 1.165) is 6.42 Å². The van der Waals surface area contributed by atoms with E-state index < -0.39 is 0 Å². The quantitative estimate of drug-likeness (QED) is 0.740. The van der Waals surface area contributed by atoms with Gasteiger partial charge in [-0.15, -0.1) is 5.10 Å². The topological polar surface area (TPSA) is 70.7 Å². The van der Waals surface area contributed by atoms with Crippen LogP contribution in [-0.2, 0) is 4.79 Å². The molecule has 0 aliphatic heterocycles. The molecular formula is C9H14N4O. The van der Waals surface area contributed by atoms with E-state index in [-0.39, 0.29) is 17.2 Å². The Morgan fingerprint density at radius 2 is 2.29 bits per heavy atom. The zero-order valence-corrected chi connectivity index (χ0v) is 8.59. The summed E-state index contributed by atoms with van der Waals surface area (Å²) >= 11 is 0. The average molecular weight is 194 g/mol. The van der Waals surface area contributed by atoms with Crippen LogP contribution in [0.1, 0.15) is 26.1 Å². The smallest absolute Gasteiger partial charge is 0.248 e. The number of nitrogens with one attached hydrogen (secondary N) is 2. The van der Waals surface area contributed by atoms with E-state index in [1.54, 1.807) is 6.92 Å². The van der Waals surface area contributed by atoms with Crippen LogP contribution in [0.2, 0.25) is 0 Å². The van der Waals surface area contributed by atoms with Gasteiger partial charge in [0.05, 0.1) is 0 Å². The summed E-state index contributed by atoms with van der Waals surface area (Å²) in [6.45, 7) is 5.96. The highest BCUT2D eigenvalue weighted by Crippen LogP contribution is 2.51. The van der Waals surface area contributed by atoms with Crippen molar-refractivity contribution in [1.82, 2.24) is 15.2 Å². The number of carbonyl (C=O) groups is 1. The molecule has 0 spiro atoms. The van der Waals surface area contributed by atoms with Crippen molar-refractivity contribution in [3.8, 4) is 0 Å². The van der Waals surface area contributed by atoms with E-state index >= 15 is 0 Å². The molecule has 1 amide bonds. The van der Waals surface area contributed by atoms with Gasteiger partial charge in [-0.1, -0.05) is 13.8 Å². The molecule has 1 saturated carbocycles.